The predicted octanol–water partition coefficient (Wildman–Crippen LogP) is 9.44. The Morgan fingerprint density at radius 2 is 0.822 bits per heavy atom. The van der Waals surface area contributed by atoms with E-state index in [0.29, 0.717) is 12.8 Å². The van der Waals surface area contributed by atoms with Crippen molar-refractivity contribution in [2.45, 2.75) is 280 Å². The van der Waals surface area contributed by atoms with Crippen LogP contribution in [-0.4, -0.2) is 142 Å². The van der Waals surface area contributed by atoms with Gasteiger partial charge in [0.1, 0.15) is 55.4 Å². The molecule has 2 aliphatic rings. The van der Waals surface area contributed by atoms with E-state index in [-0.39, 0.29) is 19.4 Å². The van der Waals surface area contributed by atoms with Crippen LogP contribution in [0.15, 0.2) is 48.6 Å². The quantitative estimate of drug-likeness (QED) is 0.0171. The molecule has 7 N–H and O–H groups in total. The van der Waals surface area contributed by atoms with E-state index in [1.165, 1.54) is 109 Å². The summed E-state index contributed by atoms with van der Waals surface area (Å²) in [4.78, 5) is 25.9. The molecule has 0 aromatic rings. The minimum Gasteiger partial charge on any atom is -0.462 e. The zero-order valence-corrected chi connectivity index (χ0v) is 45.1. The van der Waals surface area contributed by atoms with Crippen LogP contribution in [0.5, 0.6) is 0 Å². The Labute approximate surface area is 439 Å². The lowest BCUT2D eigenvalue weighted by atomic mass is 9.98. The highest BCUT2D eigenvalue weighted by atomic mass is 16.7. The van der Waals surface area contributed by atoms with Gasteiger partial charge in [0, 0.05) is 12.8 Å². The fourth-order valence-corrected chi connectivity index (χ4v) is 8.85. The van der Waals surface area contributed by atoms with Crippen LogP contribution in [0, 0.1) is 0 Å². The molecule has 0 radical (unpaired) electrons. The average molecular weight is 1040 g/mol. The van der Waals surface area contributed by atoms with Gasteiger partial charge in [0.05, 0.1) is 19.8 Å². The van der Waals surface area contributed by atoms with Crippen molar-refractivity contribution in [1.82, 2.24) is 0 Å². The number of unbranched alkanes of at least 4 members (excludes halogenated alkanes) is 23. The Balaban J connectivity index is 1.78. The minimum absolute atomic E-state index is 0.160. The van der Waals surface area contributed by atoms with Crippen LogP contribution in [0.1, 0.15) is 213 Å². The average Bonchev–Trinajstić information content (AvgIpc) is 3.38. The van der Waals surface area contributed by atoms with Crippen molar-refractivity contribution in [1.29, 1.82) is 0 Å². The van der Waals surface area contributed by atoms with Gasteiger partial charge >= 0.3 is 11.9 Å². The van der Waals surface area contributed by atoms with Gasteiger partial charge in [0.15, 0.2) is 18.7 Å². The topological polar surface area (TPSA) is 231 Å². The molecule has 2 rings (SSSR count). The molecule has 2 heterocycles. The maximum absolute atomic E-state index is 13.1. The van der Waals surface area contributed by atoms with Gasteiger partial charge in [-0.1, -0.05) is 191 Å². The van der Waals surface area contributed by atoms with Gasteiger partial charge in [0.2, 0.25) is 0 Å². The molecule has 0 spiro atoms. The van der Waals surface area contributed by atoms with Crippen molar-refractivity contribution in [3.8, 4) is 0 Å². The van der Waals surface area contributed by atoms with E-state index >= 15 is 0 Å². The first kappa shape index (κ1) is 66.6. The number of carbonyl (C=O) groups is 2. The molecule has 2 saturated heterocycles. The zero-order chi connectivity index (χ0) is 53.2. The van der Waals surface area contributed by atoms with Gasteiger partial charge in [-0.25, -0.2) is 0 Å². The van der Waals surface area contributed by atoms with Gasteiger partial charge in [-0.15, -0.1) is 0 Å². The number of aliphatic hydroxyl groups excluding tert-OH is 7. The number of esters is 2. The molecule has 424 valence electrons. The van der Waals surface area contributed by atoms with Crippen molar-refractivity contribution in [3.63, 3.8) is 0 Å². The third-order valence-electron chi connectivity index (χ3n) is 13.6. The maximum atomic E-state index is 13.1. The lowest BCUT2D eigenvalue weighted by Crippen LogP contribution is -2.61. The summed E-state index contributed by atoms with van der Waals surface area (Å²) in [6.07, 6.45) is 34.1. The van der Waals surface area contributed by atoms with E-state index in [9.17, 15) is 45.3 Å². The monoisotopic (exact) mass is 1040 g/mol. The summed E-state index contributed by atoms with van der Waals surface area (Å²) in [7, 11) is 0. The number of rotatable bonds is 45. The molecule has 4 unspecified atom stereocenters. The first-order chi connectivity index (χ1) is 35.5. The van der Waals surface area contributed by atoms with Gasteiger partial charge in [0.25, 0.3) is 0 Å². The molecule has 0 aromatic carbocycles. The lowest BCUT2D eigenvalue weighted by Gasteiger charge is -2.42. The fraction of sp³-hybridized carbons (Fsp3) is 0.828. The zero-order valence-electron chi connectivity index (χ0n) is 45.1. The normalized spacial score (nSPS) is 25.2. The first-order valence-electron chi connectivity index (χ1n) is 28.7. The molecule has 0 bridgehead atoms. The van der Waals surface area contributed by atoms with Crippen molar-refractivity contribution in [2.24, 2.45) is 0 Å². The van der Waals surface area contributed by atoms with E-state index in [4.69, 9.17) is 28.4 Å². The van der Waals surface area contributed by atoms with Crippen molar-refractivity contribution in [2.75, 3.05) is 26.4 Å². The highest BCUT2D eigenvalue weighted by molar-refractivity contribution is 5.70. The molecule has 2 fully saturated rings. The molecule has 0 aromatic heterocycles. The first-order valence-corrected chi connectivity index (χ1v) is 28.7. The molecule has 15 heteroatoms. The van der Waals surface area contributed by atoms with E-state index in [1.807, 2.05) is 0 Å². The van der Waals surface area contributed by atoms with Gasteiger partial charge in [-0.05, 0) is 57.8 Å². The largest absolute Gasteiger partial charge is 0.462 e. The van der Waals surface area contributed by atoms with Crippen LogP contribution < -0.4 is 0 Å². The van der Waals surface area contributed by atoms with Crippen molar-refractivity contribution < 1.29 is 73.8 Å². The third kappa shape index (κ3) is 32.0. The maximum Gasteiger partial charge on any atom is 0.306 e. The summed E-state index contributed by atoms with van der Waals surface area (Å²) in [5.74, 6) is -0.954. The summed E-state index contributed by atoms with van der Waals surface area (Å²) in [5.41, 5.74) is 0. The predicted molar refractivity (Wildman–Crippen MR) is 284 cm³/mol. The molecule has 0 aliphatic carbocycles. The van der Waals surface area contributed by atoms with Crippen LogP contribution in [0.25, 0.3) is 0 Å². The summed E-state index contributed by atoms with van der Waals surface area (Å²) in [6.45, 7) is 2.56. The van der Waals surface area contributed by atoms with Crippen LogP contribution in [0.3, 0.4) is 0 Å². The summed E-state index contributed by atoms with van der Waals surface area (Å²) in [6, 6.07) is 0. The standard InChI is InChI=1S/C58H102O15/c1-3-5-7-9-11-13-15-17-19-21-23-25-26-28-30-32-34-36-38-40-49(60)68-43-46(71-50(61)41-39-37-35-33-31-29-27-24-22-20-18-16-14-12-10-8-6-4-2)44-69-57-56(67)54(65)52(63)48(73-57)45-70-58-55(66)53(64)51(62)47(42-59)72-58/h11,13,17,19,23,25,28,30,46-48,51-59,62-67H,3-10,12,14-16,18,20-22,24,26-27,29,31-45H2,1-2H3/b13-11+,19-17+,25-23+,30-28+/t46-,47+,48+,51-,52-,53?,54?,55?,56?,57+,58+/m0/s1. The Kier molecular flexibility index (Phi) is 40.6. The molecule has 2 aliphatic heterocycles. The van der Waals surface area contributed by atoms with Crippen LogP contribution in [0.4, 0.5) is 0 Å². The fourth-order valence-electron chi connectivity index (χ4n) is 8.85. The highest BCUT2D eigenvalue weighted by Gasteiger charge is 2.47. The number of aliphatic hydroxyl groups is 7. The van der Waals surface area contributed by atoms with Crippen molar-refractivity contribution >= 4 is 11.9 Å². The van der Waals surface area contributed by atoms with E-state index in [2.05, 4.69) is 62.5 Å². The SMILES string of the molecule is CCCCC/C=C/C/C=C/C/C=C/C/C=C/CCCCCC(=O)OC[C@@H](CO[C@@H]1O[C@H](CO[C@@H]2O[C@H](CO)[C@H](O)C(O)C2O)[C@H](O)C(O)C1O)OC(=O)CCCCCCCCCCCCCCCCCCCC. The molecular weight excluding hydrogens is 937 g/mol. The molecule has 0 saturated carbocycles. The second-order valence-electron chi connectivity index (χ2n) is 20.1. The van der Waals surface area contributed by atoms with Crippen LogP contribution in [-0.2, 0) is 38.0 Å². The molecular formula is C58H102O15. The molecule has 11 atom stereocenters. The number of carbonyl (C=O) groups excluding carboxylic acids is 2. The number of hydrogen-bond donors (Lipinski definition) is 7. The van der Waals surface area contributed by atoms with Gasteiger partial charge in [-0.3, -0.25) is 9.59 Å². The minimum atomic E-state index is -1.77. The van der Waals surface area contributed by atoms with Gasteiger partial charge in [-0.2, -0.15) is 0 Å². The Morgan fingerprint density at radius 1 is 0.438 bits per heavy atom. The van der Waals surface area contributed by atoms with Crippen LogP contribution in [0.2, 0.25) is 0 Å². The molecule has 0 amide bonds. The second-order valence-corrected chi connectivity index (χ2v) is 20.1. The van der Waals surface area contributed by atoms with Crippen LogP contribution >= 0.6 is 0 Å². The van der Waals surface area contributed by atoms with Gasteiger partial charge < -0.3 is 64.2 Å². The molecule has 73 heavy (non-hydrogen) atoms. The number of allylic oxidation sites excluding steroid dienone is 8. The second kappa shape index (κ2) is 44.6. The Hall–Kier alpha value is -2.54. The number of hydrogen-bond acceptors (Lipinski definition) is 15. The van der Waals surface area contributed by atoms with E-state index < -0.39 is 99.3 Å². The third-order valence-corrected chi connectivity index (χ3v) is 13.6. The summed E-state index contributed by atoms with van der Waals surface area (Å²) >= 11 is 0. The number of ether oxygens (including phenoxy) is 6. The Bertz CT molecular complexity index is 1450. The Morgan fingerprint density at radius 3 is 1.32 bits per heavy atom. The summed E-state index contributed by atoms with van der Waals surface area (Å²) in [5, 5.41) is 72.3. The lowest BCUT2D eigenvalue weighted by molar-refractivity contribution is -0.332. The highest BCUT2D eigenvalue weighted by Crippen LogP contribution is 2.27. The van der Waals surface area contributed by atoms with E-state index in [1.54, 1.807) is 0 Å². The molecule has 15 nitrogen and oxygen atoms in total. The van der Waals surface area contributed by atoms with E-state index in [0.717, 1.165) is 64.2 Å². The smallest absolute Gasteiger partial charge is 0.306 e. The summed E-state index contributed by atoms with van der Waals surface area (Å²) < 4.78 is 33.7. The van der Waals surface area contributed by atoms with Crippen molar-refractivity contribution in [3.05, 3.63) is 48.6 Å².